The van der Waals surface area contributed by atoms with E-state index in [0.29, 0.717) is 17.5 Å². The van der Waals surface area contributed by atoms with Crippen LogP contribution in [0.1, 0.15) is 47.4 Å². The number of carbonyl (C=O) groups is 2. The number of nitrogens with one attached hydrogen (secondary N) is 1. The summed E-state index contributed by atoms with van der Waals surface area (Å²) in [5.74, 6) is -0.629. The lowest BCUT2D eigenvalue weighted by molar-refractivity contribution is -0.124. The van der Waals surface area contributed by atoms with Gasteiger partial charge in [-0.05, 0) is 67.7 Å². The summed E-state index contributed by atoms with van der Waals surface area (Å²) in [6.07, 6.45) is 3.44. The summed E-state index contributed by atoms with van der Waals surface area (Å²) in [6.45, 7) is 3.38. The molecule has 0 radical (unpaired) electrons. The smallest absolute Gasteiger partial charge is 0.339 e. The molecule has 2 aromatic carbocycles. The molecule has 1 amide bonds. The number of amides is 1. The minimum Gasteiger partial charge on any atom is -0.508 e. The van der Waals surface area contributed by atoms with Crippen molar-refractivity contribution >= 4 is 34.4 Å². The molecule has 0 aliphatic heterocycles. The van der Waals surface area contributed by atoms with Gasteiger partial charge in [-0.1, -0.05) is 30.3 Å². The Kier molecular flexibility index (Phi) is 5.71. The second-order valence-electron chi connectivity index (χ2n) is 7.89. The third kappa shape index (κ3) is 4.43. The summed E-state index contributed by atoms with van der Waals surface area (Å²) in [7, 11) is 0. The van der Waals surface area contributed by atoms with E-state index >= 15 is 0 Å². The van der Waals surface area contributed by atoms with Crippen LogP contribution in [0.5, 0.6) is 5.75 Å². The summed E-state index contributed by atoms with van der Waals surface area (Å²) in [5.41, 5.74) is 4.79. The molecule has 0 bridgehead atoms. The molecule has 0 saturated carbocycles. The first-order valence-corrected chi connectivity index (χ1v) is 10.3. The maximum absolute atomic E-state index is 13.0. The number of fused-ring (bicyclic) bond motifs is 2. The number of phenols is 1. The van der Waals surface area contributed by atoms with Crippen molar-refractivity contribution in [3.05, 3.63) is 70.9 Å². The van der Waals surface area contributed by atoms with Gasteiger partial charge in [0.15, 0.2) is 6.61 Å². The van der Waals surface area contributed by atoms with Crippen LogP contribution < -0.4 is 5.32 Å². The lowest BCUT2D eigenvalue weighted by Crippen LogP contribution is -2.34. The van der Waals surface area contributed by atoms with E-state index < -0.39 is 5.97 Å². The van der Waals surface area contributed by atoms with Crippen LogP contribution >= 0.6 is 0 Å². The number of hydrogen-bond acceptors (Lipinski definition) is 5. The Morgan fingerprint density at radius 1 is 1.13 bits per heavy atom. The Labute approximate surface area is 180 Å². The van der Waals surface area contributed by atoms with E-state index in [0.717, 1.165) is 34.2 Å². The summed E-state index contributed by atoms with van der Waals surface area (Å²) in [4.78, 5) is 29.8. The maximum atomic E-state index is 13.0. The highest BCUT2D eigenvalue weighted by Gasteiger charge is 2.28. The molecule has 31 heavy (non-hydrogen) atoms. The number of carbonyl (C=O) groups excluding carboxylic acids is 2. The third-order valence-electron chi connectivity index (χ3n) is 5.16. The summed E-state index contributed by atoms with van der Waals surface area (Å²) < 4.78 is 5.36. The van der Waals surface area contributed by atoms with Crippen LogP contribution in [0.3, 0.4) is 0 Å². The zero-order valence-corrected chi connectivity index (χ0v) is 17.5. The fraction of sp³-hybridized carbons (Fsp3) is 0.240. The monoisotopic (exact) mass is 416 g/mol. The SMILES string of the molecule is CC(C)NC(=O)COC(=O)c1c2c(nc3ccccc13)/C(=C/c1ccc(O)cc1)CC2. The first-order chi connectivity index (χ1) is 14.9. The molecule has 1 heterocycles. The Balaban J connectivity index is 1.72. The van der Waals surface area contributed by atoms with Crippen LogP contribution in [0.15, 0.2) is 48.5 Å². The van der Waals surface area contributed by atoms with Gasteiger partial charge in [-0.2, -0.15) is 0 Å². The first-order valence-electron chi connectivity index (χ1n) is 10.3. The van der Waals surface area contributed by atoms with E-state index in [1.165, 1.54) is 0 Å². The van der Waals surface area contributed by atoms with E-state index in [4.69, 9.17) is 9.72 Å². The highest BCUT2D eigenvalue weighted by molar-refractivity contribution is 6.07. The standard InChI is InChI=1S/C25H24N2O4/c1-15(2)26-22(29)14-31-25(30)23-19-5-3-4-6-21(19)27-24-17(9-12-20(23)24)13-16-7-10-18(28)11-8-16/h3-8,10-11,13,15,28H,9,12,14H2,1-2H3,(H,26,29)/b17-13+. The fourth-order valence-electron chi connectivity index (χ4n) is 3.85. The van der Waals surface area contributed by atoms with Gasteiger partial charge in [0.05, 0.1) is 16.8 Å². The van der Waals surface area contributed by atoms with E-state index in [-0.39, 0.29) is 24.3 Å². The average Bonchev–Trinajstić information content (AvgIpc) is 3.13. The molecular formula is C25H24N2O4. The minimum absolute atomic E-state index is 0.0233. The number of allylic oxidation sites excluding steroid dienone is 1. The zero-order chi connectivity index (χ0) is 22.0. The van der Waals surface area contributed by atoms with Gasteiger partial charge in [0.1, 0.15) is 5.75 Å². The highest BCUT2D eigenvalue weighted by atomic mass is 16.5. The van der Waals surface area contributed by atoms with Gasteiger partial charge in [0, 0.05) is 11.4 Å². The van der Waals surface area contributed by atoms with Gasteiger partial charge in [0.25, 0.3) is 5.91 Å². The van der Waals surface area contributed by atoms with Crippen molar-refractivity contribution in [2.45, 2.75) is 32.7 Å². The Hall–Kier alpha value is -3.67. The van der Waals surface area contributed by atoms with Crippen LogP contribution in [0.2, 0.25) is 0 Å². The number of phenolic OH excluding ortho intramolecular Hbond substituents is 1. The van der Waals surface area contributed by atoms with Crippen molar-refractivity contribution in [2.75, 3.05) is 6.61 Å². The predicted octanol–water partition coefficient (Wildman–Crippen LogP) is 4.11. The van der Waals surface area contributed by atoms with Crippen LogP contribution in [-0.4, -0.2) is 34.6 Å². The number of nitrogens with zero attached hydrogens (tertiary/aromatic N) is 1. The lowest BCUT2D eigenvalue weighted by Gasteiger charge is -2.13. The van der Waals surface area contributed by atoms with Crippen LogP contribution in [-0.2, 0) is 16.0 Å². The first kappa shape index (κ1) is 20.6. The van der Waals surface area contributed by atoms with Crippen LogP contribution in [0, 0.1) is 0 Å². The number of aromatic nitrogens is 1. The molecule has 158 valence electrons. The Bertz CT molecular complexity index is 1180. The molecule has 1 aliphatic carbocycles. The summed E-state index contributed by atoms with van der Waals surface area (Å²) in [6, 6.07) is 14.4. The molecule has 1 aromatic heterocycles. The second kappa shape index (κ2) is 8.60. The molecule has 6 nitrogen and oxygen atoms in total. The van der Waals surface area contributed by atoms with Gasteiger partial charge in [0.2, 0.25) is 0 Å². The van der Waals surface area contributed by atoms with E-state index in [1.807, 2.05) is 56.3 Å². The molecule has 0 saturated heterocycles. The van der Waals surface area contributed by atoms with Gasteiger partial charge in [-0.3, -0.25) is 4.79 Å². The van der Waals surface area contributed by atoms with Gasteiger partial charge >= 0.3 is 5.97 Å². The molecule has 6 heteroatoms. The molecular weight excluding hydrogens is 392 g/mol. The van der Waals surface area contributed by atoms with Gasteiger partial charge in [-0.25, -0.2) is 9.78 Å². The number of ether oxygens (including phenoxy) is 1. The molecule has 0 fully saturated rings. The molecule has 2 N–H and O–H groups in total. The average molecular weight is 416 g/mol. The topological polar surface area (TPSA) is 88.5 Å². The molecule has 1 aliphatic rings. The largest absolute Gasteiger partial charge is 0.508 e. The predicted molar refractivity (Wildman–Crippen MR) is 120 cm³/mol. The van der Waals surface area contributed by atoms with Crippen molar-refractivity contribution in [3.63, 3.8) is 0 Å². The fourth-order valence-corrected chi connectivity index (χ4v) is 3.85. The summed E-state index contributed by atoms with van der Waals surface area (Å²) >= 11 is 0. The van der Waals surface area contributed by atoms with Crippen molar-refractivity contribution in [1.29, 1.82) is 0 Å². The number of aromatic hydroxyl groups is 1. The summed E-state index contributed by atoms with van der Waals surface area (Å²) in [5, 5.41) is 13.0. The number of benzene rings is 2. The number of hydrogen-bond donors (Lipinski definition) is 2. The van der Waals surface area contributed by atoms with Crippen molar-refractivity contribution in [2.24, 2.45) is 0 Å². The zero-order valence-electron chi connectivity index (χ0n) is 17.5. The van der Waals surface area contributed by atoms with E-state index in [2.05, 4.69) is 5.32 Å². The molecule has 0 unspecified atom stereocenters. The highest BCUT2D eigenvalue weighted by Crippen LogP contribution is 2.37. The molecule has 0 atom stereocenters. The van der Waals surface area contributed by atoms with Crippen LogP contribution in [0.4, 0.5) is 0 Å². The lowest BCUT2D eigenvalue weighted by atomic mass is 10.0. The Morgan fingerprint density at radius 2 is 1.87 bits per heavy atom. The molecule has 4 rings (SSSR count). The van der Waals surface area contributed by atoms with E-state index in [9.17, 15) is 14.7 Å². The normalized spacial score (nSPS) is 14.1. The number of esters is 1. The van der Waals surface area contributed by atoms with Gasteiger partial charge in [-0.15, -0.1) is 0 Å². The van der Waals surface area contributed by atoms with Crippen molar-refractivity contribution < 1.29 is 19.4 Å². The van der Waals surface area contributed by atoms with Crippen molar-refractivity contribution in [3.8, 4) is 5.75 Å². The maximum Gasteiger partial charge on any atom is 0.339 e. The van der Waals surface area contributed by atoms with Crippen LogP contribution in [0.25, 0.3) is 22.6 Å². The Morgan fingerprint density at radius 3 is 2.61 bits per heavy atom. The van der Waals surface area contributed by atoms with Crippen molar-refractivity contribution in [1.82, 2.24) is 10.3 Å². The third-order valence-corrected chi connectivity index (χ3v) is 5.16. The quantitative estimate of drug-likeness (QED) is 0.611. The number of pyridine rings is 1. The molecule has 0 spiro atoms. The number of para-hydroxylation sites is 1. The van der Waals surface area contributed by atoms with E-state index in [1.54, 1.807) is 12.1 Å². The molecule has 3 aromatic rings. The van der Waals surface area contributed by atoms with Gasteiger partial charge < -0.3 is 15.2 Å². The minimum atomic E-state index is -0.514. The second-order valence-corrected chi connectivity index (χ2v) is 7.89. The number of rotatable bonds is 5.